The summed E-state index contributed by atoms with van der Waals surface area (Å²) in [5, 5.41) is 28.6. The van der Waals surface area contributed by atoms with Gasteiger partial charge in [0.2, 0.25) is 0 Å². The molecule has 0 amide bonds. The summed E-state index contributed by atoms with van der Waals surface area (Å²) in [4.78, 5) is 0. The Kier molecular flexibility index (Phi) is 51.1. The van der Waals surface area contributed by atoms with Crippen molar-refractivity contribution in [3.05, 3.63) is 24.3 Å². The maximum absolute atomic E-state index is 9.53. The molecule has 1 aliphatic carbocycles. The standard InChI is InChI=1S/C5H5.3C4H9O.Ti/c1-2-4-5-3-1;3*1-2-3-4-5;/h1-3H,4H2;3*2-4H2,1H3;/q4*-1;+4. The molecule has 21 heavy (non-hydrogen) atoms. The number of rotatable bonds is 6. The largest absolute Gasteiger partial charge is 4.00 e. The van der Waals surface area contributed by atoms with Crippen LogP contribution in [-0.2, 0) is 21.7 Å². The first-order chi connectivity index (χ1) is 9.74. The summed E-state index contributed by atoms with van der Waals surface area (Å²) in [6.45, 7) is 6.32. The Balaban J connectivity index is -0.0000000903. The predicted molar refractivity (Wildman–Crippen MR) is 80.9 cm³/mol. The van der Waals surface area contributed by atoms with Crippen LogP contribution in [0, 0.1) is 6.08 Å². The van der Waals surface area contributed by atoms with Gasteiger partial charge in [-0.05, 0) is 0 Å². The Morgan fingerprint density at radius 2 is 1.19 bits per heavy atom. The minimum atomic E-state index is 0. The fourth-order valence-corrected chi connectivity index (χ4v) is 0.773. The molecule has 4 heteroatoms. The van der Waals surface area contributed by atoms with E-state index in [9.17, 15) is 15.3 Å². The van der Waals surface area contributed by atoms with Crippen LogP contribution in [0.25, 0.3) is 0 Å². The zero-order valence-electron chi connectivity index (χ0n) is 14.0. The van der Waals surface area contributed by atoms with Gasteiger partial charge in [0, 0.05) is 0 Å². The van der Waals surface area contributed by atoms with Crippen molar-refractivity contribution in [2.75, 3.05) is 19.8 Å². The minimum absolute atomic E-state index is 0. The number of hydrogen-bond donors (Lipinski definition) is 0. The van der Waals surface area contributed by atoms with Gasteiger partial charge in [-0.25, -0.2) is 12.2 Å². The molecule has 0 fully saturated rings. The molecular formula is C17H32O3Ti. The second-order valence-corrected chi connectivity index (χ2v) is 4.18. The number of hydrogen-bond acceptors (Lipinski definition) is 3. The Bertz CT molecular complexity index is 153. The third-order valence-corrected chi connectivity index (χ3v) is 2.08. The molecule has 0 saturated carbocycles. The van der Waals surface area contributed by atoms with Crippen LogP contribution in [0.1, 0.15) is 65.7 Å². The van der Waals surface area contributed by atoms with Crippen molar-refractivity contribution >= 4 is 0 Å². The van der Waals surface area contributed by atoms with Crippen LogP contribution in [0.4, 0.5) is 0 Å². The minimum Gasteiger partial charge on any atom is -0.854 e. The van der Waals surface area contributed by atoms with Gasteiger partial charge in [-0.15, -0.1) is 26.2 Å². The number of unbranched alkanes of at least 4 members (excludes halogenated alkanes) is 3. The van der Waals surface area contributed by atoms with E-state index in [1.165, 1.54) is 0 Å². The van der Waals surface area contributed by atoms with E-state index in [0.29, 0.717) is 0 Å². The summed E-state index contributed by atoms with van der Waals surface area (Å²) in [7, 11) is 0. The molecular weight excluding hydrogens is 300 g/mol. The second-order valence-electron chi connectivity index (χ2n) is 4.18. The van der Waals surface area contributed by atoms with Crippen LogP contribution in [0.15, 0.2) is 18.2 Å². The molecule has 0 atom stereocenters. The zero-order chi connectivity index (χ0) is 15.9. The van der Waals surface area contributed by atoms with E-state index < -0.39 is 0 Å². The molecule has 1 rings (SSSR count). The van der Waals surface area contributed by atoms with E-state index in [4.69, 9.17) is 0 Å². The molecule has 122 valence electrons. The Labute approximate surface area is 147 Å². The molecule has 0 spiro atoms. The predicted octanol–water partition coefficient (Wildman–Crippen LogP) is 1.74. The van der Waals surface area contributed by atoms with Crippen molar-refractivity contribution < 1.29 is 37.0 Å². The van der Waals surface area contributed by atoms with Gasteiger partial charge in [0.05, 0.1) is 0 Å². The van der Waals surface area contributed by atoms with Crippen molar-refractivity contribution in [2.45, 2.75) is 65.7 Å². The first-order valence-electron chi connectivity index (χ1n) is 7.70. The summed E-state index contributed by atoms with van der Waals surface area (Å²) in [6, 6.07) is 0. The molecule has 1 aliphatic rings. The monoisotopic (exact) mass is 332 g/mol. The quantitative estimate of drug-likeness (QED) is 0.549. The summed E-state index contributed by atoms with van der Waals surface area (Å²) in [6.07, 6.45) is 15.6. The normalized spacial score (nSPS) is 10.2. The van der Waals surface area contributed by atoms with Gasteiger partial charge in [-0.1, -0.05) is 59.3 Å². The Morgan fingerprint density at radius 1 is 0.810 bits per heavy atom. The third-order valence-electron chi connectivity index (χ3n) is 2.08. The van der Waals surface area contributed by atoms with Crippen LogP contribution in [0.2, 0.25) is 0 Å². The number of allylic oxidation sites excluding steroid dienone is 4. The molecule has 0 heterocycles. The first kappa shape index (κ1) is 29.1. The maximum atomic E-state index is 9.53. The van der Waals surface area contributed by atoms with Gasteiger partial charge >= 0.3 is 21.7 Å². The fourth-order valence-electron chi connectivity index (χ4n) is 0.773. The fraction of sp³-hybridized carbons (Fsp3) is 0.765. The Morgan fingerprint density at radius 3 is 1.24 bits per heavy atom. The topological polar surface area (TPSA) is 69.2 Å². The van der Waals surface area contributed by atoms with E-state index in [0.717, 1.165) is 44.9 Å². The molecule has 0 aromatic rings. The van der Waals surface area contributed by atoms with Crippen LogP contribution < -0.4 is 15.3 Å². The van der Waals surface area contributed by atoms with E-state index in [1.54, 1.807) is 0 Å². The molecule has 0 radical (unpaired) electrons. The molecule has 0 aromatic heterocycles. The van der Waals surface area contributed by atoms with E-state index >= 15 is 0 Å². The van der Waals surface area contributed by atoms with Crippen molar-refractivity contribution in [3.63, 3.8) is 0 Å². The van der Waals surface area contributed by atoms with Gasteiger partial charge in [0.25, 0.3) is 0 Å². The van der Waals surface area contributed by atoms with Crippen LogP contribution in [0.3, 0.4) is 0 Å². The van der Waals surface area contributed by atoms with Crippen molar-refractivity contribution in [3.8, 4) is 0 Å². The van der Waals surface area contributed by atoms with Crippen molar-refractivity contribution in [1.29, 1.82) is 0 Å². The molecule has 0 aliphatic heterocycles. The van der Waals surface area contributed by atoms with E-state index in [2.05, 4.69) is 12.2 Å². The molecule has 0 bridgehead atoms. The van der Waals surface area contributed by atoms with Crippen molar-refractivity contribution in [2.24, 2.45) is 0 Å². The van der Waals surface area contributed by atoms with Crippen molar-refractivity contribution in [1.82, 2.24) is 0 Å². The molecule has 3 nitrogen and oxygen atoms in total. The molecule has 0 unspecified atom stereocenters. The Hall–Kier alpha value is 0.0743. The van der Waals surface area contributed by atoms with Crippen LogP contribution in [-0.4, -0.2) is 19.8 Å². The summed E-state index contributed by atoms with van der Waals surface area (Å²) in [5.74, 6) is 0. The van der Waals surface area contributed by atoms with Crippen LogP contribution >= 0.6 is 0 Å². The smallest absolute Gasteiger partial charge is 0.854 e. The van der Waals surface area contributed by atoms with E-state index in [1.807, 2.05) is 32.9 Å². The van der Waals surface area contributed by atoms with Gasteiger partial charge in [-0.3, -0.25) is 6.08 Å². The summed E-state index contributed by atoms with van der Waals surface area (Å²) < 4.78 is 0. The van der Waals surface area contributed by atoms with Gasteiger partial charge in [0.1, 0.15) is 0 Å². The van der Waals surface area contributed by atoms with Gasteiger partial charge in [-0.2, -0.15) is 6.08 Å². The maximum Gasteiger partial charge on any atom is 4.00 e. The molecule has 0 aromatic carbocycles. The average molecular weight is 332 g/mol. The second kappa shape index (κ2) is 36.9. The summed E-state index contributed by atoms with van der Waals surface area (Å²) >= 11 is 0. The summed E-state index contributed by atoms with van der Waals surface area (Å²) in [5.41, 5.74) is 0. The first-order valence-corrected chi connectivity index (χ1v) is 7.70. The SMILES string of the molecule is CCCC[O-].CCCC[O-].CCCC[O-].[C-]1=CC=CC1.[Ti+4]. The third kappa shape index (κ3) is 53.5. The zero-order valence-corrected chi connectivity index (χ0v) is 15.6. The van der Waals surface area contributed by atoms with Gasteiger partial charge in [0.15, 0.2) is 0 Å². The van der Waals surface area contributed by atoms with Crippen LogP contribution in [0.5, 0.6) is 0 Å². The molecule has 0 N–H and O–H groups in total. The average Bonchev–Trinajstić information content (AvgIpc) is 3.02. The van der Waals surface area contributed by atoms with Gasteiger partial charge < -0.3 is 15.3 Å². The molecule has 0 saturated heterocycles. The van der Waals surface area contributed by atoms with E-state index in [-0.39, 0.29) is 41.5 Å².